The molecule has 0 aliphatic rings. The summed E-state index contributed by atoms with van der Waals surface area (Å²) in [7, 11) is 0. The molecule has 2 N–H and O–H groups in total. The highest BCUT2D eigenvalue weighted by Gasteiger charge is 2.12. The molecule has 2 aromatic rings. The normalized spacial score (nSPS) is 10.8. The van der Waals surface area contributed by atoms with Crippen molar-refractivity contribution in [3.63, 3.8) is 0 Å². The molecule has 0 fully saturated rings. The molecule has 2 rings (SSSR count). The van der Waals surface area contributed by atoms with Gasteiger partial charge in [-0.15, -0.1) is 0 Å². The average Bonchev–Trinajstić information content (AvgIpc) is 2.63. The topological polar surface area (TPSA) is 96.9 Å². The number of carbonyl (C=O) groups is 3. The zero-order valence-corrected chi connectivity index (χ0v) is 17.2. The number of esters is 1. The van der Waals surface area contributed by atoms with Gasteiger partial charge in [0.05, 0.1) is 12.1 Å². The van der Waals surface area contributed by atoms with Gasteiger partial charge in [0.25, 0.3) is 5.91 Å². The Morgan fingerprint density at radius 3 is 2.39 bits per heavy atom. The van der Waals surface area contributed by atoms with Gasteiger partial charge in [-0.05, 0) is 42.5 Å². The highest BCUT2D eigenvalue weighted by Crippen LogP contribution is 2.22. The van der Waals surface area contributed by atoms with Crippen LogP contribution in [-0.2, 0) is 9.59 Å². The first kappa shape index (κ1) is 21.3. The van der Waals surface area contributed by atoms with E-state index in [0.717, 1.165) is 4.47 Å². The van der Waals surface area contributed by atoms with Crippen LogP contribution in [0.4, 0.5) is 5.69 Å². The van der Waals surface area contributed by atoms with Gasteiger partial charge in [0.1, 0.15) is 5.75 Å². The first-order valence-corrected chi connectivity index (χ1v) is 9.28. The van der Waals surface area contributed by atoms with Gasteiger partial charge >= 0.3 is 5.97 Å². The lowest BCUT2D eigenvalue weighted by Crippen LogP contribution is -2.18. The van der Waals surface area contributed by atoms with Crippen LogP contribution in [0.3, 0.4) is 0 Å². The van der Waals surface area contributed by atoms with Crippen LogP contribution >= 0.6 is 15.9 Å². The molecule has 0 saturated carbocycles. The second-order valence-corrected chi connectivity index (χ2v) is 7.13. The number of halogens is 1. The minimum Gasteiger partial charge on any atom is -0.426 e. The number of rotatable bonds is 6. The third-order valence-corrected chi connectivity index (χ3v) is 3.98. The van der Waals surface area contributed by atoms with Crippen LogP contribution in [0, 0.1) is 5.92 Å². The molecule has 0 bridgehead atoms. The van der Waals surface area contributed by atoms with Crippen LogP contribution < -0.4 is 15.5 Å². The number of anilines is 1. The van der Waals surface area contributed by atoms with Crippen molar-refractivity contribution in [3.8, 4) is 5.75 Å². The molecule has 0 spiro atoms. The summed E-state index contributed by atoms with van der Waals surface area (Å²) in [5, 5.41) is 6.56. The van der Waals surface area contributed by atoms with Crippen molar-refractivity contribution in [3.05, 3.63) is 58.1 Å². The standard InChI is InChI=1S/C20H20BrN3O4/c1-12(2)20(27)28-18-9-6-16(21)10-15(18)11-22-24-19(26)14-4-7-17(8-5-14)23-13(3)25/h4-12H,1-3H3,(H,23,25)(H,24,26)/b22-11+. The van der Waals surface area contributed by atoms with Crippen molar-refractivity contribution in [2.24, 2.45) is 11.0 Å². The second kappa shape index (κ2) is 9.80. The van der Waals surface area contributed by atoms with Crippen LogP contribution in [0.1, 0.15) is 36.7 Å². The monoisotopic (exact) mass is 445 g/mol. The molecule has 28 heavy (non-hydrogen) atoms. The molecule has 0 aliphatic carbocycles. The van der Waals surface area contributed by atoms with Crippen molar-refractivity contribution < 1.29 is 19.1 Å². The minimum atomic E-state index is -0.415. The van der Waals surface area contributed by atoms with Gasteiger partial charge in [-0.2, -0.15) is 5.10 Å². The van der Waals surface area contributed by atoms with Gasteiger partial charge in [-0.25, -0.2) is 5.43 Å². The minimum absolute atomic E-state index is 0.190. The smallest absolute Gasteiger partial charge is 0.313 e. The highest BCUT2D eigenvalue weighted by molar-refractivity contribution is 9.10. The molecule has 0 saturated heterocycles. The number of hydrogen-bond donors (Lipinski definition) is 2. The number of benzene rings is 2. The summed E-state index contributed by atoms with van der Waals surface area (Å²) in [6, 6.07) is 11.5. The van der Waals surface area contributed by atoms with Crippen LogP contribution in [-0.4, -0.2) is 24.0 Å². The number of hydrogen-bond acceptors (Lipinski definition) is 5. The molecule has 0 atom stereocenters. The Morgan fingerprint density at radius 1 is 1.11 bits per heavy atom. The van der Waals surface area contributed by atoms with E-state index in [4.69, 9.17) is 4.74 Å². The third-order valence-electron chi connectivity index (χ3n) is 3.49. The molecule has 0 aliphatic heterocycles. The van der Waals surface area contributed by atoms with Gasteiger partial charge in [0.2, 0.25) is 5.91 Å². The van der Waals surface area contributed by atoms with Crippen LogP contribution in [0.15, 0.2) is 52.0 Å². The van der Waals surface area contributed by atoms with E-state index < -0.39 is 5.91 Å². The molecule has 0 radical (unpaired) electrons. The Labute approximate surface area is 171 Å². The fourth-order valence-electron chi connectivity index (χ4n) is 2.07. The zero-order chi connectivity index (χ0) is 20.7. The van der Waals surface area contributed by atoms with Crippen LogP contribution in [0.2, 0.25) is 0 Å². The number of hydrazone groups is 1. The molecule has 0 unspecified atom stereocenters. The maximum atomic E-state index is 12.2. The largest absolute Gasteiger partial charge is 0.426 e. The summed E-state index contributed by atoms with van der Waals surface area (Å²) in [5.41, 5.74) is 3.93. The summed E-state index contributed by atoms with van der Waals surface area (Å²) in [4.78, 5) is 35.0. The lowest BCUT2D eigenvalue weighted by Gasteiger charge is -2.09. The van der Waals surface area contributed by atoms with Gasteiger partial charge in [0.15, 0.2) is 0 Å². The Hall–Kier alpha value is -3.00. The SMILES string of the molecule is CC(=O)Nc1ccc(C(=O)N/N=C/c2cc(Br)ccc2OC(=O)C(C)C)cc1. The predicted octanol–water partition coefficient (Wildman–Crippen LogP) is 3.73. The zero-order valence-electron chi connectivity index (χ0n) is 15.7. The molecule has 2 amide bonds. The lowest BCUT2D eigenvalue weighted by molar-refractivity contribution is -0.137. The van der Waals surface area contributed by atoms with Crippen molar-refractivity contribution >= 4 is 45.6 Å². The molecule has 8 heteroatoms. The van der Waals surface area contributed by atoms with Crippen LogP contribution in [0.25, 0.3) is 0 Å². The summed E-state index contributed by atoms with van der Waals surface area (Å²) >= 11 is 3.35. The van der Waals surface area contributed by atoms with E-state index in [1.54, 1.807) is 56.3 Å². The van der Waals surface area contributed by atoms with E-state index >= 15 is 0 Å². The first-order valence-electron chi connectivity index (χ1n) is 8.48. The second-order valence-electron chi connectivity index (χ2n) is 6.22. The number of nitrogens with one attached hydrogen (secondary N) is 2. The van der Waals surface area contributed by atoms with Crippen molar-refractivity contribution in [2.75, 3.05) is 5.32 Å². The summed E-state index contributed by atoms with van der Waals surface area (Å²) < 4.78 is 6.13. The fraction of sp³-hybridized carbons (Fsp3) is 0.200. The Bertz CT molecular complexity index is 908. The van der Waals surface area contributed by atoms with Crippen molar-refractivity contribution in [1.82, 2.24) is 5.43 Å². The third kappa shape index (κ3) is 6.31. The maximum Gasteiger partial charge on any atom is 0.313 e. The van der Waals surface area contributed by atoms with E-state index in [-0.39, 0.29) is 17.8 Å². The Kier molecular flexibility index (Phi) is 7.45. The van der Waals surface area contributed by atoms with Crippen molar-refractivity contribution in [1.29, 1.82) is 0 Å². The van der Waals surface area contributed by atoms with Crippen LogP contribution in [0.5, 0.6) is 5.75 Å². The maximum absolute atomic E-state index is 12.2. The van der Waals surface area contributed by atoms with E-state index in [9.17, 15) is 14.4 Å². The van der Waals surface area contributed by atoms with Gasteiger partial charge in [-0.3, -0.25) is 14.4 Å². The molecular formula is C20H20BrN3O4. The number of amides is 2. The first-order chi connectivity index (χ1) is 13.3. The lowest BCUT2D eigenvalue weighted by atomic mass is 10.2. The van der Waals surface area contributed by atoms with Gasteiger partial charge < -0.3 is 10.1 Å². The Balaban J connectivity index is 2.07. The predicted molar refractivity (Wildman–Crippen MR) is 110 cm³/mol. The molecule has 0 aromatic heterocycles. The average molecular weight is 446 g/mol. The van der Waals surface area contributed by atoms with E-state index in [1.165, 1.54) is 13.1 Å². The van der Waals surface area contributed by atoms with E-state index in [2.05, 4.69) is 31.8 Å². The van der Waals surface area contributed by atoms with Gasteiger partial charge in [-0.1, -0.05) is 29.8 Å². The van der Waals surface area contributed by atoms with Gasteiger partial charge in [0, 0.05) is 28.2 Å². The van der Waals surface area contributed by atoms with E-state index in [1.807, 2.05) is 0 Å². The highest BCUT2D eigenvalue weighted by atomic mass is 79.9. The quantitative estimate of drug-likeness (QED) is 0.306. The summed E-state index contributed by atoms with van der Waals surface area (Å²) in [5.74, 6) is -0.889. The molecule has 146 valence electrons. The summed E-state index contributed by atoms with van der Waals surface area (Å²) in [6.45, 7) is 4.89. The molecular weight excluding hydrogens is 426 g/mol. The Morgan fingerprint density at radius 2 is 1.79 bits per heavy atom. The molecule has 7 nitrogen and oxygen atoms in total. The van der Waals surface area contributed by atoms with E-state index in [0.29, 0.717) is 22.6 Å². The summed E-state index contributed by atoms with van der Waals surface area (Å²) in [6.07, 6.45) is 1.40. The fourth-order valence-corrected chi connectivity index (χ4v) is 2.45. The number of nitrogens with zero attached hydrogens (tertiary/aromatic N) is 1. The molecule has 2 aromatic carbocycles. The van der Waals surface area contributed by atoms with Crippen molar-refractivity contribution in [2.45, 2.75) is 20.8 Å². The number of carbonyl (C=O) groups excluding carboxylic acids is 3. The molecule has 0 heterocycles. The number of ether oxygens (including phenoxy) is 1.